The van der Waals surface area contributed by atoms with Crippen molar-refractivity contribution < 1.29 is 4.74 Å². The van der Waals surface area contributed by atoms with E-state index in [2.05, 4.69) is 51.2 Å². The Balaban J connectivity index is 2.15. The van der Waals surface area contributed by atoms with Crippen molar-refractivity contribution in [3.63, 3.8) is 0 Å². The molecule has 5 nitrogen and oxygen atoms in total. The van der Waals surface area contributed by atoms with Gasteiger partial charge in [0, 0.05) is 22.6 Å². The lowest BCUT2D eigenvalue weighted by atomic mass is 10.1. The van der Waals surface area contributed by atoms with Gasteiger partial charge in [0.15, 0.2) is 5.82 Å². The first-order chi connectivity index (χ1) is 10.2. The molecule has 0 aliphatic rings. The molecule has 2 aromatic rings. The van der Waals surface area contributed by atoms with Gasteiger partial charge in [-0.15, -0.1) is 0 Å². The third kappa shape index (κ3) is 4.04. The summed E-state index contributed by atoms with van der Waals surface area (Å²) in [5.41, 5.74) is 1.13. The lowest BCUT2D eigenvalue weighted by Crippen LogP contribution is -2.18. The van der Waals surface area contributed by atoms with Gasteiger partial charge in [-0.25, -0.2) is 9.67 Å². The number of halogens is 1. The molecule has 1 aromatic carbocycles. The van der Waals surface area contributed by atoms with Crippen molar-refractivity contribution in [3.05, 3.63) is 40.4 Å². The Labute approximate surface area is 133 Å². The predicted octanol–water partition coefficient (Wildman–Crippen LogP) is 3.31. The topological polar surface area (TPSA) is 52.0 Å². The molecular weight excluding hydrogens is 332 g/mol. The van der Waals surface area contributed by atoms with E-state index in [1.807, 2.05) is 23.7 Å². The minimum atomic E-state index is 0.228. The average molecular weight is 353 g/mol. The van der Waals surface area contributed by atoms with Crippen LogP contribution in [0.3, 0.4) is 0 Å². The maximum absolute atomic E-state index is 5.96. The Morgan fingerprint density at radius 3 is 2.90 bits per heavy atom. The molecule has 1 heterocycles. The SMILES string of the molecule is CCNC(C)c1cc(Br)ccc1OCc1ncnn1CC. The van der Waals surface area contributed by atoms with Crippen LogP contribution in [0.5, 0.6) is 5.75 Å². The minimum absolute atomic E-state index is 0.228. The zero-order valence-electron chi connectivity index (χ0n) is 12.6. The van der Waals surface area contributed by atoms with Crippen molar-refractivity contribution in [2.45, 2.75) is 40.0 Å². The van der Waals surface area contributed by atoms with Gasteiger partial charge in [-0.3, -0.25) is 0 Å². The predicted molar refractivity (Wildman–Crippen MR) is 86.3 cm³/mol. The highest BCUT2D eigenvalue weighted by Crippen LogP contribution is 2.29. The van der Waals surface area contributed by atoms with Gasteiger partial charge in [0.25, 0.3) is 0 Å². The van der Waals surface area contributed by atoms with Crippen LogP contribution in [0.25, 0.3) is 0 Å². The van der Waals surface area contributed by atoms with Crippen LogP contribution in [0.2, 0.25) is 0 Å². The lowest BCUT2D eigenvalue weighted by Gasteiger charge is -2.18. The first-order valence-electron chi connectivity index (χ1n) is 7.18. The maximum atomic E-state index is 5.96. The smallest absolute Gasteiger partial charge is 0.164 e. The maximum Gasteiger partial charge on any atom is 0.164 e. The van der Waals surface area contributed by atoms with Crippen molar-refractivity contribution >= 4 is 15.9 Å². The summed E-state index contributed by atoms with van der Waals surface area (Å²) in [7, 11) is 0. The van der Waals surface area contributed by atoms with Gasteiger partial charge in [-0.05, 0) is 38.6 Å². The van der Waals surface area contributed by atoms with Crippen LogP contribution in [0.1, 0.15) is 38.2 Å². The van der Waals surface area contributed by atoms with Crippen LogP contribution in [0.4, 0.5) is 0 Å². The van der Waals surface area contributed by atoms with Gasteiger partial charge >= 0.3 is 0 Å². The van der Waals surface area contributed by atoms with Gasteiger partial charge in [0.1, 0.15) is 18.7 Å². The average Bonchev–Trinajstić information content (AvgIpc) is 2.93. The van der Waals surface area contributed by atoms with Crippen LogP contribution in [0, 0.1) is 0 Å². The zero-order chi connectivity index (χ0) is 15.2. The highest BCUT2D eigenvalue weighted by atomic mass is 79.9. The number of nitrogens with one attached hydrogen (secondary N) is 1. The normalized spacial score (nSPS) is 12.4. The third-order valence-electron chi connectivity index (χ3n) is 3.30. The molecule has 0 spiro atoms. The summed E-state index contributed by atoms with van der Waals surface area (Å²) in [4.78, 5) is 4.23. The largest absolute Gasteiger partial charge is 0.485 e. The van der Waals surface area contributed by atoms with Crippen LogP contribution in [0.15, 0.2) is 29.0 Å². The van der Waals surface area contributed by atoms with Crippen molar-refractivity contribution in [3.8, 4) is 5.75 Å². The molecular formula is C15H21BrN4O. The van der Waals surface area contributed by atoms with Crippen molar-refractivity contribution in [2.24, 2.45) is 0 Å². The summed E-state index contributed by atoms with van der Waals surface area (Å²) in [5.74, 6) is 1.71. The second-order valence-corrected chi connectivity index (χ2v) is 5.66. The van der Waals surface area contributed by atoms with E-state index in [0.717, 1.165) is 34.7 Å². The van der Waals surface area contributed by atoms with Gasteiger partial charge in [0.2, 0.25) is 0 Å². The number of aromatic nitrogens is 3. The fourth-order valence-electron chi connectivity index (χ4n) is 2.21. The first-order valence-corrected chi connectivity index (χ1v) is 7.97. The quantitative estimate of drug-likeness (QED) is 0.830. The van der Waals surface area contributed by atoms with E-state index in [9.17, 15) is 0 Å². The number of aryl methyl sites for hydroxylation is 1. The number of nitrogens with zero attached hydrogens (tertiary/aromatic N) is 3. The molecule has 0 fully saturated rings. The van der Waals surface area contributed by atoms with Crippen molar-refractivity contribution in [1.82, 2.24) is 20.1 Å². The lowest BCUT2D eigenvalue weighted by molar-refractivity contribution is 0.282. The number of rotatable bonds is 7. The van der Waals surface area contributed by atoms with Gasteiger partial charge < -0.3 is 10.1 Å². The van der Waals surface area contributed by atoms with E-state index in [1.165, 1.54) is 0 Å². The van der Waals surface area contributed by atoms with Crippen molar-refractivity contribution in [1.29, 1.82) is 0 Å². The number of hydrogen-bond acceptors (Lipinski definition) is 4. The van der Waals surface area contributed by atoms with Gasteiger partial charge in [-0.2, -0.15) is 5.10 Å². The summed E-state index contributed by atoms with van der Waals surface area (Å²) < 4.78 is 8.85. The van der Waals surface area contributed by atoms with E-state index < -0.39 is 0 Å². The van der Waals surface area contributed by atoms with E-state index in [-0.39, 0.29) is 6.04 Å². The molecule has 21 heavy (non-hydrogen) atoms. The zero-order valence-corrected chi connectivity index (χ0v) is 14.2. The van der Waals surface area contributed by atoms with Crippen LogP contribution in [-0.2, 0) is 13.2 Å². The highest BCUT2D eigenvalue weighted by Gasteiger charge is 2.13. The van der Waals surface area contributed by atoms with E-state index in [1.54, 1.807) is 6.33 Å². The van der Waals surface area contributed by atoms with Crippen molar-refractivity contribution in [2.75, 3.05) is 6.54 Å². The Morgan fingerprint density at radius 1 is 1.38 bits per heavy atom. The molecule has 1 atom stereocenters. The number of benzene rings is 1. The standard InChI is InChI=1S/C15H21BrN4O/c1-4-17-11(3)13-8-12(16)6-7-14(13)21-9-15-18-10-19-20(15)5-2/h6-8,10-11,17H,4-5,9H2,1-3H3. The summed E-state index contributed by atoms with van der Waals surface area (Å²) in [6.45, 7) is 8.39. The van der Waals surface area contributed by atoms with E-state index in [0.29, 0.717) is 6.61 Å². The molecule has 6 heteroatoms. The van der Waals surface area contributed by atoms with Gasteiger partial charge in [-0.1, -0.05) is 22.9 Å². The molecule has 2 rings (SSSR count). The molecule has 1 N–H and O–H groups in total. The molecule has 0 aliphatic heterocycles. The minimum Gasteiger partial charge on any atom is -0.485 e. The fourth-order valence-corrected chi connectivity index (χ4v) is 2.59. The first kappa shape index (κ1) is 16.0. The number of ether oxygens (including phenoxy) is 1. The fraction of sp³-hybridized carbons (Fsp3) is 0.467. The molecule has 0 radical (unpaired) electrons. The number of hydrogen-bond donors (Lipinski definition) is 1. The third-order valence-corrected chi connectivity index (χ3v) is 3.79. The molecule has 1 aromatic heterocycles. The Hall–Kier alpha value is -1.40. The van der Waals surface area contributed by atoms with Crippen LogP contribution in [-0.4, -0.2) is 21.3 Å². The Morgan fingerprint density at radius 2 is 2.19 bits per heavy atom. The van der Waals surface area contributed by atoms with Crippen LogP contribution >= 0.6 is 15.9 Å². The summed E-state index contributed by atoms with van der Waals surface area (Å²) >= 11 is 3.52. The highest BCUT2D eigenvalue weighted by molar-refractivity contribution is 9.10. The molecule has 0 saturated carbocycles. The Bertz CT molecular complexity index is 585. The second-order valence-electron chi connectivity index (χ2n) is 4.74. The summed E-state index contributed by atoms with van der Waals surface area (Å²) in [5, 5.41) is 7.56. The molecule has 114 valence electrons. The van der Waals surface area contributed by atoms with Crippen LogP contribution < -0.4 is 10.1 Å². The monoisotopic (exact) mass is 352 g/mol. The molecule has 0 saturated heterocycles. The molecule has 0 aliphatic carbocycles. The Kier molecular flexibility index (Phi) is 5.76. The van der Waals surface area contributed by atoms with E-state index >= 15 is 0 Å². The summed E-state index contributed by atoms with van der Waals surface area (Å²) in [6, 6.07) is 6.29. The van der Waals surface area contributed by atoms with Gasteiger partial charge in [0.05, 0.1) is 0 Å². The van der Waals surface area contributed by atoms with E-state index in [4.69, 9.17) is 4.74 Å². The molecule has 0 bridgehead atoms. The molecule has 1 unspecified atom stereocenters. The summed E-state index contributed by atoms with van der Waals surface area (Å²) in [6.07, 6.45) is 1.56. The molecule has 0 amide bonds. The second kappa shape index (κ2) is 7.56.